The van der Waals surface area contributed by atoms with Crippen LogP contribution in [0.25, 0.3) is 10.2 Å². The lowest BCUT2D eigenvalue weighted by atomic mass is 9.97. The minimum Gasteiger partial charge on any atom is -0.478 e. The van der Waals surface area contributed by atoms with Gasteiger partial charge < -0.3 is 25.6 Å². The molecule has 35 heavy (non-hydrogen) atoms. The Balaban J connectivity index is 1.55. The fourth-order valence-electron chi connectivity index (χ4n) is 4.50. The number of carbonyl (C=O) groups excluding carboxylic acids is 1. The second-order valence-corrected chi connectivity index (χ2v) is 10.1. The van der Waals surface area contributed by atoms with Gasteiger partial charge in [0.1, 0.15) is 0 Å². The number of piperidine rings is 1. The van der Waals surface area contributed by atoms with Crippen molar-refractivity contribution in [3.05, 3.63) is 40.4 Å². The number of aromatic amines is 1. The van der Waals surface area contributed by atoms with Crippen LogP contribution in [0.1, 0.15) is 66.7 Å². The van der Waals surface area contributed by atoms with Crippen LogP contribution >= 0.6 is 22.9 Å². The van der Waals surface area contributed by atoms with Gasteiger partial charge in [0.15, 0.2) is 16.1 Å². The maximum Gasteiger partial charge on any atom is 0.337 e. The number of H-pyrrole nitrogens is 1. The van der Waals surface area contributed by atoms with Crippen molar-refractivity contribution in [1.82, 2.24) is 25.6 Å². The molecule has 3 aromatic rings. The van der Waals surface area contributed by atoms with Crippen molar-refractivity contribution < 1.29 is 14.7 Å². The molecule has 4 N–H and O–H groups in total. The zero-order valence-corrected chi connectivity index (χ0v) is 21.7. The summed E-state index contributed by atoms with van der Waals surface area (Å²) < 4.78 is 0.677. The summed E-state index contributed by atoms with van der Waals surface area (Å²) in [5.41, 5.74) is 1.70. The maximum absolute atomic E-state index is 13.0. The van der Waals surface area contributed by atoms with Crippen molar-refractivity contribution in [2.75, 3.05) is 18.0 Å². The zero-order chi connectivity index (χ0) is 25.1. The number of anilines is 1. The topological polar surface area (TPSA) is 123 Å². The third-order valence-corrected chi connectivity index (χ3v) is 8.04. The van der Waals surface area contributed by atoms with Crippen LogP contribution < -0.4 is 15.5 Å². The van der Waals surface area contributed by atoms with Gasteiger partial charge in [-0.3, -0.25) is 4.79 Å². The largest absolute Gasteiger partial charge is 0.478 e. The Morgan fingerprint density at radius 1 is 1.26 bits per heavy atom. The maximum atomic E-state index is 13.0. The van der Waals surface area contributed by atoms with Gasteiger partial charge in [0.05, 0.1) is 21.5 Å². The van der Waals surface area contributed by atoms with Crippen LogP contribution in [0.15, 0.2) is 18.2 Å². The molecule has 1 amide bonds. The van der Waals surface area contributed by atoms with Crippen LogP contribution in [0.2, 0.25) is 5.15 Å². The van der Waals surface area contributed by atoms with E-state index in [0.717, 1.165) is 23.7 Å². The summed E-state index contributed by atoms with van der Waals surface area (Å²) in [7, 11) is 0. The second kappa shape index (κ2) is 10.9. The molecule has 9 nitrogen and oxygen atoms in total. The van der Waals surface area contributed by atoms with Crippen LogP contribution in [0, 0.1) is 0 Å². The number of thiazole rings is 1. The van der Waals surface area contributed by atoms with E-state index in [2.05, 4.69) is 39.3 Å². The average molecular weight is 519 g/mol. The van der Waals surface area contributed by atoms with E-state index < -0.39 is 5.97 Å². The molecule has 11 heteroatoms. The highest BCUT2D eigenvalue weighted by Crippen LogP contribution is 2.33. The predicted octanol–water partition coefficient (Wildman–Crippen LogP) is 4.09. The van der Waals surface area contributed by atoms with Gasteiger partial charge in [-0.2, -0.15) is 0 Å². The smallest absolute Gasteiger partial charge is 0.337 e. The van der Waals surface area contributed by atoms with E-state index in [1.165, 1.54) is 11.3 Å². The Kier molecular flexibility index (Phi) is 7.93. The van der Waals surface area contributed by atoms with Gasteiger partial charge in [0, 0.05) is 31.2 Å². The summed E-state index contributed by atoms with van der Waals surface area (Å²) >= 11 is 7.53. The first-order valence-electron chi connectivity index (χ1n) is 12.0. The molecule has 1 fully saturated rings. The van der Waals surface area contributed by atoms with E-state index in [4.69, 9.17) is 16.6 Å². The molecule has 4 rings (SSSR count). The van der Waals surface area contributed by atoms with Gasteiger partial charge >= 0.3 is 5.97 Å². The second-order valence-electron chi connectivity index (χ2n) is 8.76. The number of nitrogens with one attached hydrogen (secondary N) is 3. The molecule has 3 heterocycles. The average Bonchev–Trinajstić information content (AvgIpc) is 3.46. The summed E-state index contributed by atoms with van der Waals surface area (Å²) in [5.74, 6) is -1.000. The predicted molar refractivity (Wildman–Crippen MR) is 139 cm³/mol. The van der Waals surface area contributed by atoms with Crippen LogP contribution in [-0.2, 0) is 6.42 Å². The molecule has 0 radical (unpaired) electrons. The number of fused-ring (bicyclic) bond motifs is 1. The normalized spacial score (nSPS) is 18.4. The molecule has 1 saturated heterocycles. The van der Waals surface area contributed by atoms with Gasteiger partial charge in [-0.15, -0.1) is 0 Å². The lowest BCUT2D eigenvalue weighted by Gasteiger charge is -2.40. The first-order chi connectivity index (χ1) is 16.8. The highest BCUT2D eigenvalue weighted by atomic mass is 35.5. The van der Waals surface area contributed by atoms with Gasteiger partial charge in [0.2, 0.25) is 0 Å². The number of aromatic carboxylic acids is 1. The number of carboxylic acids is 1. The van der Waals surface area contributed by atoms with Crippen molar-refractivity contribution in [3.8, 4) is 0 Å². The molecule has 0 saturated carbocycles. The number of benzene rings is 1. The van der Waals surface area contributed by atoms with Gasteiger partial charge in [-0.25, -0.2) is 14.8 Å². The molecular formula is C24H31ClN6O3S. The highest BCUT2D eigenvalue weighted by Gasteiger charge is 2.33. The monoisotopic (exact) mass is 518 g/mol. The van der Waals surface area contributed by atoms with Gasteiger partial charge in [0.25, 0.3) is 5.91 Å². The highest BCUT2D eigenvalue weighted by molar-refractivity contribution is 7.22. The quantitative estimate of drug-likeness (QED) is 0.336. The number of hydrogen-bond donors (Lipinski definition) is 4. The first-order valence-corrected chi connectivity index (χ1v) is 13.2. The molecule has 1 aliphatic rings. The van der Waals surface area contributed by atoms with Crippen molar-refractivity contribution in [2.45, 2.75) is 64.6 Å². The molecular weight excluding hydrogens is 488 g/mol. The minimum atomic E-state index is -0.954. The fraction of sp³-hybridized carbons (Fsp3) is 0.500. The van der Waals surface area contributed by atoms with E-state index in [1.54, 1.807) is 12.1 Å². The Morgan fingerprint density at radius 2 is 2.03 bits per heavy atom. The van der Waals surface area contributed by atoms with Gasteiger partial charge in [-0.1, -0.05) is 49.8 Å². The summed E-state index contributed by atoms with van der Waals surface area (Å²) in [5, 5.41) is 17.5. The molecule has 2 atom stereocenters. The minimum absolute atomic E-state index is 0.0142. The summed E-state index contributed by atoms with van der Waals surface area (Å²) in [6, 6.07) is 5.37. The van der Waals surface area contributed by atoms with E-state index in [-0.39, 0.29) is 29.4 Å². The lowest BCUT2D eigenvalue weighted by Crippen LogP contribution is -2.61. The van der Waals surface area contributed by atoms with Crippen LogP contribution in [-0.4, -0.2) is 63.1 Å². The Bertz CT molecular complexity index is 1210. The zero-order valence-electron chi connectivity index (χ0n) is 20.1. The lowest BCUT2D eigenvalue weighted by molar-refractivity contribution is 0.0699. The number of halogens is 1. The number of imidazole rings is 1. The van der Waals surface area contributed by atoms with E-state index in [1.807, 2.05) is 13.0 Å². The first kappa shape index (κ1) is 25.4. The van der Waals surface area contributed by atoms with Crippen molar-refractivity contribution in [1.29, 1.82) is 0 Å². The third kappa shape index (κ3) is 5.44. The summed E-state index contributed by atoms with van der Waals surface area (Å²) in [6.07, 6.45) is 3.33. The molecule has 188 valence electrons. The summed E-state index contributed by atoms with van der Waals surface area (Å²) in [4.78, 5) is 38.7. The number of nitrogens with zero attached hydrogens (tertiary/aromatic N) is 3. The Morgan fingerprint density at radius 3 is 2.69 bits per heavy atom. The van der Waals surface area contributed by atoms with Crippen LogP contribution in [0.3, 0.4) is 0 Å². The van der Waals surface area contributed by atoms with E-state index >= 15 is 0 Å². The third-order valence-electron chi connectivity index (χ3n) is 6.57. The van der Waals surface area contributed by atoms with E-state index in [0.29, 0.717) is 47.3 Å². The number of carbonyl (C=O) groups is 2. The molecule has 2 aromatic heterocycles. The standard InChI is InChI=1S/C24H31ClN6O3S/c1-4-13(5-2)26-18-12-31(24-29-17-9-7-8-14(23(33)34)19(17)35-24)11-10-16(18)28-22(32)21-27-15(6-3)20(25)30-21/h7-9,13,16,18,26H,4-6,10-12H2,1-3H3,(H,27,30)(H,28,32)(H,33,34)/t16?,18-/m0/s1. The molecule has 0 spiro atoms. The van der Waals surface area contributed by atoms with Crippen molar-refractivity contribution in [2.24, 2.45) is 0 Å². The van der Waals surface area contributed by atoms with Crippen LogP contribution in [0.5, 0.6) is 0 Å². The number of rotatable bonds is 9. The number of hydrogen-bond acceptors (Lipinski definition) is 7. The number of aryl methyl sites for hydroxylation is 1. The number of aromatic nitrogens is 3. The number of amides is 1. The Labute approximate surface area is 213 Å². The van der Waals surface area contributed by atoms with E-state index in [9.17, 15) is 14.7 Å². The molecule has 1 aromatic carbocycles. The van der Waals surface area contributed by atoms with Crippen molar-refractivity contribution in [3.63, 3.8) is 0 Å². The molecule has 1 unspecified atom stereocenters. The molecule has 0 bridgehead atoms. The SMILES string of the molecule is CCc1[nH]c(C(=O)NC2CCN(c3nc4cccc(C(=O)O)c4s3)C[C@@H]2NC(CC)CC)nc1Cl. The molecule has 1 aliphatic heterocycles. The van der Waals surface area contributed by atoms with Crippen LogP contribution in [0.4, 0.5) is 5.13 Å². The summed E-state index contributed by atoms with van der Waals surface area (Å²) in [6.45, 7) is 7.57. The van der Waals surface area contributed by atoms with Crippen molar-refractivity contribution >= 4 is 50.2 Å². The number of carboxylic acid groups (broad SMARTS) is 1. The molecule has 0 aliphatic carbocycles. The van der Waals surface area contributed by atoms with Gasteiger partial charge in [-0.05, 0) is 37.8 Å². The fourth-order valence-corrected chi connectivity index (χ4v) is 5.87. The Hall–Kier alpha value is -2.69.